The van der Waals surface area contributed by atoms with E-state index in [0.29, 0.717) is 12.5 Å². The number of hydrogen-bond donors (Lipinski definition) is 0. The monoisotopic (exact) mass is 270 g/mol. The van der Waals surface area contributed by atoms with Crippen molar-refractivity contribution in [2.75, 3.05) is 6.61 Å². The van der Waals surface area contributed by atoms with Crippen molar-refractivity contribution in [1.29, 1.82) is 0 Å². The minimum atomic E-state index is -0.630. The van der Waals surface area contributed by atoms with Gasteiger partial charge >= 0.3 is 0 Å². The van der Waals surface area contributed by atoms with Crippen molar-refractivity contribution in [2.24, 2.45) is 17.3 Å². The molecule has 0 radical (unpaired) electrons. The van der Waals surface area contributed by atoms with Crippen molar-refractivity contribution in [1.82, 2.24) is 0 Å². The lowest BCUT2D eigenvalue weighted by atomic mass is 9.70. The van der Waals surface area contributed by atoms with E-state index in [-0.39, 0.29) is 11.3 Å². The van der Waals surface area contributed by atoms with Crippen LogP contribution >= 0.6 is 0 Å². The van der Waals surface area contributed by atoms with Crippen LogP contribution in [0.15, 0.2) is 0 Å². The van der Waals surface area contributed by atoms with Crippen LogP contribution in [-0.4, -0.2) is 18.9 Å². The molecule has 2 fully saturated rings. The molecule has 3 unspecified atom stereocenters. The molecule has 1 nitrogen and oxygen atoms in total. The molecule has 0 aromatic carbocycles. The van der Waals surface area contributed by atoms with Crippen LogP contribution in [0.5, 0.6) is 0 Å². The van der Waals surface area contributed by atoms with E-state index in [9.17, 15) is 4.39 Å². The topological polar surface area (TPSA) is 9.23 Å². The first-order valence-electron chi connectivity index (χ1n) is 8.22. The van der Waals surface area contributed by atoms with Crippen molar-refractivity contribution >= 4 is 0 Å². The fourth-order valence-corrected chi connectivity index (χ4v) is 3.77. The van der Waals surface area contributed by atoms with E-state index >= 15 is 0 Å². The van der Waals surface area contributed by atoms with E-state index in [1.807, 2.05) is 0 Å². The second kappa shape index (κ2) is 6.56. The third kappa shape index (κ3) is 4.44. The maximum atomic E-state index is 14.1. The van der Waals surface area contributed by atoms with Crippen molar-refractivity contribution < 1.29 is 9.13 Å². The zero-order chi connectivity index (χ0) is 13.9. The van der Waals surface area contributed by atoms with E-state index in [4.69, 9.17) is 4.74 Å². The molecule has 2 saturated carbocycles. The Morgan fingerprint density at radius 1 is 1.00 bits per heavy atom. The van der Waals surface area contributed by atoms with E-state index < -0.39 is 6.17 Å². The molecule has 2 aliphatic carbocycles. The quantitative estimate of drug-likeness (QED) is 0.690. The van der Waals surface area contributed by atoms with Gasteiger partial charge in [-0.2, -0.15) is 0 Å². The number of ether oxygens (including phenoxy) is 1. The van der Waals surface area contributed by atoms with Gasteiger partial charge in [0.15, 0.2) is 0 Å². The van der Waals surface area contributed by atoms with E-state index in [1.165, 1.54) is 32.1 Å². The van der Waals surface area contributed by atoms with E-state index in [2.05, 4.69) is 20.8 Å². The fourth-order valence-electron chi connectivity index (χ4n) is 3.77. The van der Waals surface area contributed by atoms with Gasteiger partial charge in [-0.05, 0) is 49.4 Å². The van der Waals surface area contributed by atoms with Crippen LogP contribution in [0.2, 0.25) is 0 Å². The predicted octanol–water partition coefficient (Wildman–Crippen LogP) is 5.14. The standard InChI is InChI=1S/C17H31FO/c1-17(2,3)15-11-14(9-10-16(15)18)19-12-13-7-5-4-6-8-13/h13-16H,4-12H2,1-3H3. The van der Waals surface area contributed by atoms with E-state index in [0.717, 1.165) is 25.4 Å². The summed E-state index contributed by atoms with van der Waals surface area (Å²) in [6.07, 6.45) is 9.01. The van der Waals surface area contributed by atoms with Gasteiger partial charge in [0.05, 0.1) is 6.10 Å². The summed E-state index contributed by atoms with van der Waals surface area (Å²) in [7, 11) is 0. The van der Waals surface area contributed by atoms with Crippen LogP contribution in [-0.2, 0) is 4.74 Å². The minimum Gasteiger partial charge on any atom is -0.378 e. The zero-order valence-corrected chi connectivity index (χ0v) is 13.0. The molecule has 2 rings (SSSR count). The van der Waals surface area contributed by atoms with Crippen LogP contribution in [0, 0.1) is 17.3 Å². The molecule has 0 amide bonds. The highest BCUT2D eigenvalue weighted by Crippen LogP contribution is 2.40. The minimum absolute atomic E-state index is 0.0618. The Morgan fingerprint density at radius 2 is 1.68 bits per heavy atom. The average molecular weight is 270 g/mol. The Labute approximate surface area is 118 Å². The highest BCUT2D eigenvalue weighted by molar-refractivity contribution is 4.87. The summed E-state index contributed by atoms with van der Waals surface area (Å²) in [4.78, 5) is 0. The van der Waals surface area contributed by atoms with Crippen LogP contribution in [0.25, 0.3) is 0 Å². The molecule has 0 aromatic heterocycles. The van der Waals surface area contributed by atoms with Gasteiger partial charge in [0.25, 0.3) is 0 Å². The number of rotatable bonds is 3. The largest absolute Gasteiger partial charge is 0.378 e. The average Bonchev–Trinajstić information content (AvgIpc) is 2.37. The molecule has 0 saturated heterocycles. The highest BCUT2D eigenvalue weighted by atomic mass is 19.1. The Balaban J connectivity index is 1.78. The lowest BCUT2D eigenvalue weighted by molar-refractivity contribution is -0.0513. The maximum Gasteiger partial charge on any atom is 0.104 e. The smallest absolute Gasteiger partial charge is 0.104 e. The Morgan fingerprint density at radius 3 is 2.32 bits per heavy atom. The van der Waals surface area contributed by atoms with Crippen LogP contribution in [0.1, 0.15) is 72.1 Å². The first-order valence-corrected chi connectivity index (χ1v) is 8.22. The summed E-state index contributed by atoms with van der Waals surface area (Å²) < 4.78 is 20.2. The molecule has 3 atom stereocenters. The summed E-state index contributed by atoms with van der Waals surface area (Å²) >= 11 is 0. The number of alkyl halides is 1. The molecule has 0 spiro atoms. The van der Waals surface area contributed by atoms with Gasteiger partial charge in [-0.25, -0.2) is 4.39 Å². The normalized spacial score (nSPS) is 34.4. The molecule has 0 aliphatic heterocycles. The van der Waals surface area contributed by atoms with Gasteiger partial charge in [-0.1, -0.05) is 40.0 Å². The van der Waals surface area contributed by atoms with Crippen molar-refractivity contribution in [3.8, 4) is 0 Å². The van der Waals surface area contributed by atoms with Gasteiger partial charge < -0.3 is 4.74 Å². The van der Waals surface area contributed by atoms with Gasteiger partial charge in [0, 0.05) is 6.61 Å². The highest BCUT2D eigenvalue weighted by Gasteiger charge is 2.38. The van der Waals surface area contributed by atoms with Crippen molar-refractivity contribution in [3.63, 3.8) is 0 Å². The fraction of sp³-hybridized carbons (Fsp3) is 1.00. The van der Waals surface area contributed by atoms with Gasteiger partial charge in [0.1, 0.15) is 6.17 Å². The molecular weight excluding hydrogens is 239 g/mol. The lowest BCUT2D eigenvalue weighted by Crippen LogP contribution is -2.38. The second-order valence-corrected chi connectivity index (χ2v) is 7.76. The SMILES string of the molecule is CC(C)(C)C1CC(OCC2CCCCC2)CCC1F. The number of halogens is 1. The molecule has 0 N–H and O–H groups in total. The predicted molar refractivity (Wildman–Crippen MR) is 78.0 cm³/mol. The first-order chi connectivity index (χ1) is 8.97. The van der Waals surface area contributed by atoms with Gasteiger partial charge in [0.2, 0.25) is 0 Å². The molecule has 2 heteroatoms. The summed E-state index contributed by atoms with van der Waals surface area (Å²) in [6.45, 7) is 7.40. The van der Waals surface area contributed by atoms with E-state index in [1.54, 1.807) is 0 Å². The molecule has 2 aliphatic rings. The molecular formula is C17H31FO. The molecule has 0 aromatic rings. The maximum absolute atomic E-state index is 14.1. The third-order valence-electron chi connectivity index (χ3n) is 5.12. The summed E-state index contributed by atoms with van der Waals surface area (Å²) in [5.74, 6) is 0.933. The van der Waals surface area contributed by atoms with Crippen LogP contribution < -0.4 is 0 Å². The van der Waals surface area contributed by atoms with Crippen molar-refractivity contribution in [3.05, 3.63) is 0 Å². The summed E-state index contributed by atoms with van der Waals surface area (Å²) in [6, 6.07) is 0. The second-order valence-electron chi connectivity index (χ2n) is 7.76. The summed E-state index contributed by atoms with van der Waals surface area (Å²) in [5.41, 5.74) is 0.0618. The molecule has 0 heterocycles. The molecule has 19 heavy (non-hydrogen) atoms. The third-order valence-corrected chi connectivity index (χ3v) is 5.12. The Kier molecular flexibility index (Phi) is 5.28. The molecule has 112 valence electrons. The lowest BCUT2D eigenvalue weighted by Gasteiger charge is -2.40. The zero-order valence-electron chi connectivity index (χ0n) is 13.0. The van der Waals surface area contributed by atoms with Gasteiger partial charge in [-0.3, -0.25) is 0 Å². The van der Waals surface area contributed by atoms with Gasteiger partial charge in [-0.15, -0.1) is 0 Å². The van der Waals surface area contributed by atoms with Crippen LogP contribution in [0.4, 0.5) is 4.39 Å². The Hall–Kier alpha value is -0.110. The first kappa shape index (κ1) is 15.3. The number of hydrogen-bond acceptors (Lipinski definition) is 1. The molecule has 0 bridgehead atoms. The Bertz CT molecular complexity index is 265. The van der Waals surface area contributed by atoms with Crippen LogP contribution in [0.3, 0.4) is 0 Å². The summed E-state index contributed by atoms with van der Waals surface area (Å²) in [5, 5.41) is 0. The van der Waals surface area contributed by atoms with Crippen molar-refractivity contribution in [2.45, 2.75) is 84.4 Å².